The van der Waals surface area contributed by atoms with Crippen LogP contribution in [0.15, 0.2) is 23.7 Å². The van der Waals surface area contributed by atoms with E-state index in [0.717, 1.165) is 22.4 Å². The molecule has 2 aromatic rings. The van der Waals surface area contributed by atoms with Crippen molar-refractivity contribution in [3.8, 4) is 0 Å². The van der Waals surface area contributed by atoms with Gasteiger partial charge in [0.15, 0.2) is 5.69 Å². The van der Waals surface area contributed by atoms with Crippen LogP contribution in [0, 0.1) is 6.92 Å². The summed E-state index contributed by atoms with van der Waals surface area (Å²) in [6, 6.07) is 3.28. The van der Waals surface area contributed by atoms with Crippen LogP contribution in [0.3, 0.4) is 0 Å². The Balaban J connectivity index is 1.97. The molecule has 0 saturated heterocycles. The molecule has 0 bridgehead atoms. The Kier molecular flexibility index (Phi) is 4.03. The highest BCUT2D eigenvalue weighted by atomic mass is 32.1. The Bertz CT molecular complexity index is 607. The van der Waals surface area contributed by atoms with E-state index in [-0.39, 0.29) is 11.6 Å². The van der Waals surface area contributed by atoms with Gasteiger partial charge in [0, 0.05) is 17.3 Å². The van der Waals surface area contributed by atoms with Gasteiger partial charge < -0.3 is 5.32 Å². The number of carbonyl (C=O) groups is 1. The molecular weight excluding hydrogens is 291 g/mol. The van der Waals surface area contributed by atoms with Gasteiger partial charge in [-0.3, -0.25) is 9.78 Å². The first kappa shape index (κ1) is 14.4. The minimum absolute atomic E-state index is 0.0482. The van der Waals surface area contributed by atoms with Crippen LogP contribution >= 0.6 is 11.3 Å². The Labute approximate surface area is 116 Å². The molecule has 0 aliphatic heterocycles. The van der Waals surface area contributed by atoms with Crippen molar-refractivity contribution in [2.45, 2.75) is 19.6 Å². The third kappa shape index (κ3) is 3.53. The number of aryl methyl sites for hydroxylation is 1. The molecule has 0 spiro atoms. The van der Waals surface area contributed by atoms with Crippen LogP contribution < -0.4 is 5.32 Å². The first-order valence-electron chi connectivity index (χ1n) is 5.59. The van der Waals surface area contributed by atoms with Gasteiger partial charge in [0.2, 0.25) is 0 Å². The molecule has 2 aromatic heterocycles. The molecule has 1 amide bonds. The summed E-state index contributed by atoms with van der Waals surface area (Å²) in [7, 11) is 0. The Morgan fingerprint density at radius 3 is 2.70 bits per heavy atom. The molecule has 0 radical (unpaired) electrons. The van der Waals surface area contributed by atoms with Crippen molar-refractivity contribution in [3.63, 3.8) is 0 Å². The SMILES string of the molecule is Cc1ccc(C(=O)NCc2nc(C(F)(F)F)cs2)cn1. The fraction of sp³-hybridized carbons (Fsp3) is 0.250. The lowest BCUT2D eigenvalue weighted by Crippen LogP contribution is -2.23. The normalized spacial score (nSPS) is 11.4. The average Bonchev–Trinajstić information content (AvgIpc) is 2.85. The number of hydrogen-bond acceptors (Lipinski definition) is 4. The molecule has 0 fully saturated rings. The quantitative estimate of drug-likeness (QED) is 0.948. The highest BCUT2D eigenvalue weighted by Crippen LogP contribution is 2.29. The average molecular weight is 301 g/mol. The van der Waals surface area contributed by atoms with Gasteiger partial charge in [-0.15, -0.1) is 11.3 Å². The van der Waals surface area contributed by atoms with Crippen molar-refractivity contribution < 1.29 is 18.0 Å². The van der Waals surface area contributed by atoms with Gasteiger partial charge in [0.05, 0.1) is 12.1 Å². The van der Waals surface area contributed by atoms with Crippen LogP contribution in [-0.4, -0.2) is 15.9 Å². The van der Waals surface area contributed by atoms with Crippen LogP contribution in [0.1, 0.15) is 26.8 Å². The number of carbonyl (C=O) groups excluding carboxylic acids is 1. The molecule has 0 unspecified atom stereocenters. The maximum Gasteiger partial charge on any atom is 0.434 e. The highest BCUT2D eigenvalue weighted by Gasteiger charge is 2.33. The van der Waals surface area contributed by atoms with Crippen molar-refractivity contribution in [1.82, 2.24) is 15.3 Å². The second-order valence-electron chi connectivity index (χ2n) is 4.00. The van der Waals surface area contributed by atoms with Crippen LogP contribution in [0.4, 0.5) is 13.2 Å². The predicted molar refractivity (Wildman–Crippen MR) is 67.3 cm³/mol. The zero-order chi connectivity index (χ0) is 14.8. The standard InChI is InChI=1S/C12H10F3N3OS/c1-7-2-3-8(4-16-7)11(19)17-5-10-18-9(6-20-10)12(13,14)15/h2-4,6H,5H2,1H3,(H,17,19). The molecule has 1 N–H and O–H groups in total. The summed E-state index contributed by atoms with van der Waals surface area (Å²) >= 11 is 0.855. The van der Waals surface area contributed by atoms with Crippen LogP contribution in [-0.2, 0) is 12.7 Å². The van der Waals surface area contributed by atoms with E-state index >= 15 is 0 Å². The summed E-state index contributed by atoms with van der Waals surface area (Å²) < 4.78 is 37.1. The molecule has 4 nitrogen and oxygen atoms in total. The number of rotatable bonds is 3. The lowest BCUT2D eigenvalue weighted by atomic mass is 10.2. The van der Waals surface area contributed by atoms with E-state index in [1.807, 2.05) is 0 Å². The summed E-state index contributed by atoms with van der Waals surface area (Å²) in [6.45, 7) is 1.74. The summed E-state index contributed by atoms with van der Waals surface area (Å²) in [5.41, 5.74) is 0.184. The van der Waals surface area contributed by atoms with Crippen molar-refractivity contribution in [2.75, 3.05) is 0 Å². The van der Waals surface area contributed by atoms with Crippen LogP contribution in [0.5, 0.6) is 0 Å². The lowest BCUT2D eigenvalue weighted by molar-refractivity contribution is -0.140. The Hall–Kier alpha value is -1.96. The van der Waals surface area contributed by atoms with Crippen LogP contribution in [0.2, 0.25) is 0 Å². The number of amides is 1. The maximum absolute atomic E-state index is 12.4. The van der Waals surface area contributed by atoms with Crippen molar-refractivity contribution in [2.24, 2.45) is 0 Å². The number of thiazole rings is 1. The number of alkyl halides is 3. The molecular formula is C12H10F3N3OS. The second-order valence-corrected chi connectivity index (χ2v) is 4.94. The van der Waals surface area contributed by atoms with E-state index in [2.05, 4.69) is 15.3 Å². The minimum Gasteiger partial charge on any atom is -0.345 e. The van der Waals surface area contributed by atoms with Crippen LogP contribution in [0.25, 0.3) is 0 Å². The second kappa shape index (κ2) is 5.58. The molecule has 106 valence electrons. The van der Waals surface area contributed by atoms with Gasteiger partial charge in [-0.25, -0.2) is 4.98 Å². The topological polar surface area (TPSA) is 54.9 Å². The van der Waals surface area contributed by atoms with E-state index in [1.165, 1.54) is 6.20 Å². The summed E-state index contributed by atoms with van der Waals surface area (Å²) in [6.07, 6.45) is -3.05. The molecule has 0 saturated carbocycles. The fourth-order valence-electron chi connectivity index (χ4n) is 1.38. The van der Waals surface area contributed by atoms with Gasteiger partial charge in [-0.1, -0.05) is 0 Å². The van der Waals surface area contributed by atoms with Gasteiger partial charge in [-0.2, -0.15) is 13.2 Å². The smallest absolute Gasteiger partial charge is 0.345 e. The molecule has 0 aromatic carbocycles. The van der Waals surface area contributed by atoms with E-state index in [1.54, 1.807) is 19.1 Å². The first-order valence-corrected chi connectivity index (χ1v) is 6.46. The fourth-order valence-corrected chi connectivity index (χ4v) is 2.12. The molecule has 0 aliphatic rings. The lowest BCUT2D eigenvalue weighted by Gasteiger charge is -2.03. The zero-order valence-electron chi connectivity index (χ0n) is 10.4. The number of aromatic nitrogens is 2. The molecule has 8 heteroatoms. The summed E-state index contributed by atoms with van der Waals surface area (Å²) in [5.74, 6) is -0.402. The predicted octanol–water partition coefficient (Wildman–Crippen LogP) is 2.80. The molecule has 20 heavy (non-hydrogen) atoms. The molecule has 2 heterocycles. The van der Waals surface area contributed by atoms with E-state index in [9.17, 15) is 18.0 Å². The van der Waals surface area contributed by atoms with Crippen molar-refractivity contribution in [1.29, 1.82) is 0 Å². The first-order chi connectivity index (χ1) is 9.36. The van der Waals surface area contributed by atoms with Gasteiger partial charge in [0.25, 0.3) is 5.91 Å². The maximum atomic E-state index is 12.4. The van der Waals surface area contributed by atoms with Gasteiger partial charge in [0.1, 0.15) is 5.01 Å². The molecule has 0 atom stereocenters. The number of nitrogens with zero attached hydrogens (tertiary/aromatic N) is 2. The number of pyridine rings is 1. The monoisotopic (exact) mass is 301 g/mol. The summed E-state index contributed by atoms with van der Waals surface area (Å²) in [5, 5.41) is 3.63. The van der Waals surface area contributed by atoms with Crippen molar-refractivity contribution in [3.05, 3.63) is 45.7 Å². The number of hydrogen-bond donors (Lipinski definition) is 1. The van der Waals surface area contributed by atoms with E-state index in [4.69, 9.17) is 0 Å². The van der Waals surface area contributed by atoms with Gasteiger partial charge >= 0.3 is 6.18 Å². The summed E-state index contributed by atoms with van der Waals surface area (Å²) in [4.78, 5) is 19.1. The minimum atomic E-state index is -4.46. The van der Waals surface area contributed by atoms with E-state index in [0.29, 0.717) is 5.56 Å². The largest absolute Gasteiger partial charge is 0.434 e. The molecule has 0 aliphatic carbocycles. The number of nitrogens with one attached hydrogen (secondary N) is 1. The third-order valence-electron chi connectivity index (χ3n) is 2.42. The zero-order valence-corrected chi connectivity index (χ0v) is 11.2. The van der Waals surface area contributed by atoms with Gasteiger partial charge in [-0.05, 0) is 19.1 Å². The molecule has 2 rings (SSSR count). The number of halogens is 3. The van der Waals surface area contributed by atoms with E-state index < -0.39 is 17.8 Å². The highest BCUT2D eigenvalue weighted by molar-refractivity contribution is 7.09. The van der Waals surface area contributed by atoms with Crippen molar-refractivity contribution >= 4 is 17.2 Å². The Morgan fingerprint density at radius 1 is 1.40 bits per heavy atom. The Morgan fingerprint density at radius 2 is 2.15 bits per heavy atom. The third-order valence-corrected chi connectivity index (χ3v) is 3.26.